The van der Waals surface area contributed by atoms with Crippen molar-refractivity contribution in [1.29, 1.82) is 0 Å². The van der Waals surface area contributed by atoms with E-state index in [1.54, 1.807) is 6.92 Å². The van der Waals surface area contributed by atoms with Crippen LogP contribution in [0.3, 0.4) is 0 Å². The lowest BCUT2D eigenvalue weighted by Crippen LogP contribution is -2.38. The maximum absolute atomic E-state index is 12.4. The minimum Gasteiger partial charge on any atom is -0.369 e. The predicted octanol–water partition coefficient (Wildman–Crippen LogP) is 2.93. The van der Waals surface area contributed by atoms with Gasteiger partial charge in [-0.25, -0.2) is 0 Å². The van der Waals surface area contributed by atoms with Gasteiger partial charge in [-0.3, -0.25) is 14.5 Å². The summed E-state index contributed by atoms with van der Waals surface area (Å²) in [6.07, 6.45) is 1.07. The number of rotatable bonds is 8. The second-order valence-electron chi connectivity index (χ2n) is 7.58. The van der Waals surface area contributed by atoms with Gasteiger partial charge < -0.3 is 15.8 Å². The van der Waals surface area contributed by atoms with E-state index in [2.05, 4.69) is 10.2 Å². The van der Waals surface area contributed by atoms with Crippen molar-refractivity contribution in [3.8, 4) is 0 Å². The number of likely N-dealkylation sites (tertiary alicyclic amines) is 1. The Labute approximate surface area is 172 Å². The summed E-state index contributed by atoms with van der Waals surface area (Å²) in [7, 11) is 0. The van der Waals surface area contributed by atoms with Crippen LogP contribution in [0.4, 0.5) is 5.69 Å². The van der Waals surface area contributed by atoms with Crippen LogP contribution < -0.4 is 11.1 Å². The third-order valence-corrected chi connectivity index (χ3v) is 5.30. The summed E-state index contributed by atoms with van der Waals surface area (Å²) >= 11 is 0. The molecule has 3 rings (SSSR count). The number of anilines is 1. The highest BCUT2D eigenvalue weighted by Crippen LogP contribution is 2.20. The number of primary amides is 1. The topological polar surface area (TPSA) is 84.7 Å². The molecular weight excluding hydrogens is 366 g/mol. The van der Waals surface area contributed by atoms with Crippen LogP contribution in [-0.4, -0.2) is 35.9 Å². The Balaban J connectivity index is 1.48. The molecule has 0 saturated carbocycles. The van der Waals surface area contributed by atoms with Crippen molar-refractivity contribution in [1.82, 2.24) is 4.90 Å². The molecule has 3 N–H and O–H groups in total. The Hall–Kier alpha value is -2.70. The van der Waals surface area contributed by atoms with Crippen molar-refractivity contribution in [2.24, 2.45) is 11.7 Å². The first-order valence-electron chi connectivity index (χ1n) is 10.1. The van der Waals surface area contributed by atoms with Crippen LogP contribution in [0, 0.1) is 5.92 Å². The molecule has 154 valence electrons. The lowest BCUT2D eigenvalue weighted by molar-refractivity contribution is -0.127. The summed E-state index contributed by atoms with van der Waals surface area (Å²) in [6, 6.07) is 17.7. The van der Waals surface area contributed by atoms with E-state index in [1.165, 1.54) is 0 Å². The Bertz CT molecular complexity index is 817. The van der Waals surface area contributed by atoms with E-state index in [0.717, 1.165) is 49.3 Å². The molecule has 2 aromatic rings. The fourth-order valence-electron chi connectivity index (χ4n) is 3.50. The number of carbonyl (C=O) groups is 2. The molecule has 1 aliphatic heterocycles. The number of nitrogens with one attached hydrogen (secondary N) is 1. The molecule has 1 unspecified atom stereocenters. The van der Waals surface area contributed by atoms with Gasteiger partial charge in [0.05, 0.1) is 6.61 Å². The summed E-state index contributed by atoms with van der Waals surface area (Å²) in [5.74, 6) is -0.368. The second kappa shape index (κ2) is 10.2. The van der Waals surface area contributed by atoms with Crippen LogP contribution in [0.5, 0.6) is 0 Å². The summed E-state index contributed by atoms with van der Waals surface area (Å²) < 4.78 is 5.69. The first kappa shape index (κ1) is 21.0. The third kappa shape index (κ3) is 6.41. The summed E-state index contributed by atoms with van der Waals surface area (Å²) in [6.45, 7) is 4.65. The molecule has 6 heteroatoms. The number of ether oxygens (including phenoxy) is 1. The van der Waals surface area contributed by atoms with Gasteiger partial charge in [-0.1, -0.05) is 42.5 Å². The van der Waals surface area contributed by atoms with Gasteiger partial charge in [0, 0.05) is 18.2 Å². The Morgan fingerprint density at radius 1 is 1.10 bits per heavy atom. The summed E-state index contributed by atoms with van der Waals surface area (Å²) in [5.41, 5.74) is 8.32. The van der Waals surface area contributed by atoms with Gasteiger partial charge >= 0.3 is 0 Å². The molecule has 0 radical (unpaired) electrons. The lowest BCUT2D eigenvalue weighted by Gasteiger charge is -2.30. The van der Waals surface area contributed by atoms with Crippen molar-refractivity contribution in [2.45, 2.75) is 39.0 Å². The maximum Gasteiger partial charge on any atom is 0.253 e. The van der Waals surface area contributed by atoms with E-state index >= 15 is 0 Å². The van der Waals surface area contributed by atoms with Crippen LogP contribution >= 0.6 is 0 Å². The minimum absolute atomic E-state index is 0.00533. The first-order valence-corrected chi connectivity index (χ1v) is 10.1. The molecule has 1 atom stereocenters. The fourth-order valence-corrected chi connectivity index (χ4v) is 3.50. The van der Waals surface area contributed by atoms with Crippen molar-refractivity contribution in [3.63, 3.8) is 0 Å². The molecule has 29 heavy (non-hydrogen) atoms. The molecule has 2 amide bonds. The molecule has 1 aliphatic rings. The van der Waals surface area contributed by atoms with Crippen LogP contribution in [0.15, 0.2) is 54.6 Å². The number of benzene rings is 2. The Kier molecular flexibility index (Phi) is 7.38. The van der Waals surface area contributed by atoms with E-state index in [1.807, 2.05) is 54.6 Å². The van der Waals surface area contributed by atoms with Gasteiger partial charge in [-0.2, -0.15) is 0 Å². The average molecular weight is 396 g/mol. The van der Waals surface area contributed by atoms with Crippen molar-refractivity contribution >= 4 is 17.5 Å². The monoisotopic (exact) mass is 395 g/mol. The SMILES string of the molecule is CC(OCc1ccccc1)C(=O)Nc1cccc(CN2CCC(C(N)=O)CC2)c1. The number of hydrogen-bond acceptors (Lipinski definition) is 4. The molecule has 6 nitrogen and oxygen atoms in total. The maximum atomic E-state index is 12.4. The van der Waals surface area contributed by atoms with Gasteiger partial charge in [0.1, 0.15) is 6.10 Å². The van der Waals surface area contributed by atoms with Crippen LogP contribution in [-0.2, 0) is 27.5 Å². The number of nitrogens with zero attached hydrogens (tertiary/aromatic N) is 1. The van der Waals surface area contributed by atoms with Gasteiger partial charge in [0.15, 0.2) is 0 Å². The van der Waals surface area contributed by atoms with Gasteiger partial charge in [-0.05, 0) is 56.1 Å². The van der Waals surface area contributed by atoms with E-state index in [0.29, 0.717) is 6.61 Å². The van der Waals surface area contributed by atoms with Crippen molar-refractivity contribution in [2.75, 3.05) is 18.4 Å². The van der Waals surface area contributed by atoms with Crippen LogP contribution in [0.1, 0.15) is 30.9 Å². The smallest absolute Gasteiger partial charge is 0.253 e. The molecule has 1 fully saturated rings. The highest BCUT2D eigenvalue weighted by molar-refractivity contribution is 5.93. The van der Waals surface area contributed by atoms with Crippen molar-refractivity contribution in [3.05, 3.63) is 65.7 Å². The zero-order valence-corrected chi connectivity index (χ0v) is 16.8. The highest BCUT2D eigenvalue weighted by atomic mass is 16.5. The molecule has 0 spiro atoms. The third-order valence-electron chi connectivity index (χ3n) is 5.30. The minimum atomic E-state index is -0.549. The molecule has 0 aliphatic carbocycles. The van der Waals surface area contributed by atoms with Gasteiger partial charge in [-0.15, -0.1) is 0 Å². The molecule has 1 heterocycles. The first-order chi connectivity index (χ1) is 14.0. The van der Waals surface area contributed by atoms with E-state index < -0.39 is 6.10 Å². The lowest BCUT2D eigenvalue weighted by atomic mass is 9.96. The number of piperidine rings is 1. The largest absolute Gasteiger partial charge is 0.369 e. The fraction of sp³-hybridized carbons (Fsp3) is 0.391. The van der Waals surface area contributed by atoms with Gasteiger partial charge in [0.2, 0.25) is 5.91 Å². The molecular formula is C23H29N3O3. The van der Waals surface area contributed by atoms with Crippen molar-refractivity contribution < 1.29 is 14.3 Å². The zero-order chi connectivity index (χ0) is 20.6. The second-order valence-corrected chi connectivity index (χ2v) is 7.58. The standard InChI is InChI=1S/C23H29N3O3/c1-17(29-16-18-6-3-2-4-7-18)23(28)25-21-9-5-8-19(14-21)15-26-12-10-20(11-13-26)22(24)27/h2-9,14,17,20H,10-13,15-16H2,1H3,(H2,24,27)(H,25,28). The highest BCUT2D eigenvalue weighted by Gasteiger charge is 2.23. The van der Waals surface area contributed by atoms with E-state index in [-0.39, 0.29) is 17.7 Å². The van der Waals surface area contributed by atoms with E-state index in [9.17, 15) is 9.59 Å². The number of amides is 2. The number of nitrogens with two attached hydrogens (primary N) is 1. The Morgan fingerprint density at radius 3 is 2.48 bits per heavy atom. The van der Waals surface area contributed by atoms with Crippen LogP contribution in [0.2, 0.25) is 0 Å². The van der Waals surface area contributed by atoms with E-state index in [4.69, 9.17) is 10.5 Å². The number of hydrogen-bond donors (Lipinski definition) is 2. The Morgan fingerprint density at radius 2 is 1.79 bits per heavy atom. The molecule has 0 aromatic heterocycles. The molecule has 0 bridgehead atoms. The summed E-state index contributed by atoms with van der Waals surface area (Å²) in [5, 5.41) is 2.93. The normalized spacial score (nSPS) is 16.3. The average Bonchev–Trinajstić information content (AvgIpc) is 2.73. The molecule has 2 aromatic carbocycles. The quantitative estimate of drug-likeness (QED) is 0.720. The molecule has 1 saturated heterocycles. The van der Waals surface area contributed by atoms with Crippen LogP contribution in [0.25, 0.3) is 0 Å². The zero-order valence-electron chi connectivity index (χ0n) is 16.8. The predicted molar refractivity (Wildman–Crippen MR) is 113 cm³/mol. The van der Waals surface area contributed by atoms with Gasteiger partial charge in [0.25, 0.3) is 5.91 Å². The summed E-state index contributed by atoms with van der Waals surface area (Å²) in [4.78, 5) is 26.1. The number of carbonyl (C=O) groups excluding carboxylic acids is 2.